The van der Waals surface area contributed by atoms with E-state index < -0.39 is 22.2 Å². The molecule has 184 valence electrons. The average Bonchev–Trinajstić information content (AvgIpc) is 3.53. The Kier molecular flexibility index (Phi) is 6.39. The summed E-state index contributed by atoms with van der Waals surface area (Å²) in [4.78, 5) is 18.0. The predicted molar refractivity (Wildman–Crippen MR) is 137 cm³/mol. The number of aromatic nitrogens is 1. The largest absolute Gasteiger partial charge is 0.379 e. The van der Waals surface area contributed by atoms with E-state index in [1.165, 1.54) is 6.07 Å². The Balaban J connectivity index is 1.39. The number of likely N-dealkylation sites (tertiary alicyclic amines) is 1. The van der Waals surface area contributed by atoms with Crippen molar-refractivity contribution in [2.75, 3.05) is 13.6 Å². The van der Waals surface area contributed by atoms with E-state index in [0.717, 1.165) is 33.7 Å². The van der Waals surface area contributed by atoms with Gasteiger partial charge in [-0.1, -0.05) is 30.3 Å². The normalized spacial score (nSPS) is 16.8. The van der Waals surface area contributed by atoms with Gasteiger partial charge < -0.3 is 19.4 Å². The Labute approximate surface area is 209 Å². The van der Waals surface area contributed by atoms with Gasteiger partial charge in [0.1, 0.15) is 16.7 Å². The highest BCUT2D eigenvalue weighted by molar-refractivity contribution is 7.87. The highest BCUT2D eigenvalue weighted by Gasteiger charge is 2.33. The molecule has 1 aliphatic heterocycles. The number of likely N-dealkylation sites (N-methyl/N-ethyl adjacent to an activating group) is 1. The van der Waals surface area contributed by atoms with E-state index in [2.05, 4.69) is 16.4 Å². The van der Waals surface area contributed by atoms with Crippen molar-refractivity contribution in [3.8, 4) is 11.8 Å². The minimum Gasteiger partial charge on any atom is -0.379 e. The maximum atomic E-state index is 13.1. The number of H-pyrrole nitrogens is 1. The zero-order chi connectivity index (χ0) is 25.3. The molecule has 1 saturated heterocycles. The van der Waals surface area contributed by atoms with Gasteiger partial charge in [0.15, 0.2) is 0 Å². The van der Waals surface area contributed by atoms with Gasteiger partial charge in [-0.25, -0.2) is 0 Å². The summed E-state index contributed by atoms with van der Waals surface area (Å²) in [5.41, 5.74) is 1.65. The minimum absolute atomic E-state index is 0.0779. The van der Waals surface area contributed by atoms with E-state index in [-0.39, 0.29) is 16.6 Å². The van der Waals surface area contributed by atoms with Crippen LogP contribution in [-0.4, -0.2) is 49.9 Å². The van der Waals surface area contributed by atoms with Crippen molar-refractivity contribution in [2.24, 2.45) is 0 Å². The van der Waals surface area contributed by atoms with Crippen molar-refractivity contribution in [2.45, 2.75) is 36.2 Å². The lowest BCUT2D eigenvalue weighted by atomic mass is 10.0. The van der Waals surface area contributed by atoms with Crippen LogP contribution in [0.4, 0.5) is 0 Å². The third-order valence-corrected chi connectivity index (χ3v) is 7.95. The van der Waals surface area contributed by atoms with Crippen LogP contribution in [0.5, 0.6) is 5.75 Å². The first-order valence-electron chi connectivity index (χ1n) is 11.8. The lowest BCUT2D eigenvalue weighted by Gasteiger charge is -2.25. The number of nitriles is 1. The highest BCUT2D eigenvalue weighted by atomic mass is 32.2. The molecule has 1 aliphatic rings. The van der Waals surface area contributed by atoms with E-state index in [9.17, 15) is 18.5 Å². The molecule has 0 bridgehead atoms. The summed E-state index contributed by atoms with van der Waals surface area (Å²) >= 11 is 0. The highest BCUT2D eigenvalue weighted by Crippen LogP contribution is 2.28. The molecule has 4 aromatic rings. The molecule has 1 aromatic heterocycles. The zero-order valence-corrected chi connectivity index (χ0v) is 20.6. The number of benzene rings is 3. The molecule has 2 N–H and O–H groups in total. The smallest absolute Gasteiger partial charge is 0.339 e. The van der Waals surface area contributed by atoms with Crippen molar-refractivity contribution in [3.05, 3.63) is 72.4 Å². The SMILES string of the molecule is CN[C@@H](Cc1c[nH]c2ccc(OS(=O)(=O)c3ccc4ccccc4c3)cc12)C(=O)N1CCC[C@H]1C#N. The molecule has 2 heterocycles. The topological polar surface area (TPSA) is 115 Å². The van der Waals surface area contributed by atoms with Crippen LogP contribution in [0.15, 0.2) is 71.8 Å². The predicted octanol–water partition coefficient (Wildman–Crippen LogP) is 3.73. The van der Waals surface area contributed by atoms with Crippen LogP contribution in [-0.2, 0) is 21.3 Å². The van der Waals surface area contributed by atoms with Crippen LogP contribution < -0.4 is 9.50 Å². The molecule has 0 saturated carbocycles. The molecule has 5 rings (SSSR count). The fraction of sp³-hybridized carbons (Fsp3) is 0.259. The number of rotatable bonds is 7. The molecular formula is C27H26N4O4S. The van der Waals surface area contributed by atoms with Gasteiger partial charge in [-0.2, -0.15) is 13.7 Å². The van der Waals surface area contributed by atoms with Crippen LogP contribution in [0.3, 0.4) is 0 Å². The van der Waals surface area contributed by atoms with Crippen LogP contribution in [0, 0.1) is 11.3 Å². The maximum Gasteiger partial charge on any atom is 0.339 e. The second-order valence-electron chi connectivity index (χ2n) is 8.93. The van der Waals surface area contributed by atoms with Gasteiger partial charge in [0, 0.05) is 23.6 Å². The molecular weight excluding hydrogens is 476 g/mol. The second kappa shape index (κ2) is 9.64. The number of carbonyl (C=O) groups excluding carboxylic acids is 1. The van der Waals surface area contributed by atoms with Gasteiger partial charge in [-0.3, -0.25) is 4.79 Å². The molecule has 8 nitrogen and oxygen atoms in total. The number of hydrogen-bond acceptors (Lipinski definition) is 6. The summed E-state index contributed by atoms with van der Waals surface area (Å²) in [6, 6.07) is 18.8. The Morgan fingerprint density at radius 3 is 2.78 bits per heavy atom. The molecule has 9 heteroatoms. The average molecular weight is 503 g/mol. The fourth-order valence-electron chi connectivity index (χ4n) is 4.77. The fourth-order valence-corrected chi connectivity index (χ4v) is 5.73. The van der Waals surface area contributed by atoms with E-state index in [1.807, 2.05) is 30.5 Å². The second-order valence-corrected chi connectivity index (χ2v) is 10.5. The summed E-state index contributed by atoms with van der Waals surface area (Å²) in [6.45, 7) is 0.577. The van der Waals surface area contributed by atoms with Gasteiger partial charge in [0.05, 0.1) is 12.1 Å². The molecule has 2 atom stereocenters. The van der Waals surface area contributed by atoms with Gasteiger partial charge in [-0.05, 0) is 73.0 Å². The summed E-state index contributed by atoms with van der Waals surface area (Å²) < 4.78 is 31.5. The Morgan fingerprint density at radius 1 is 1.19 bits per heavy atom. The van der Waals surface area contributed by atoms with E-state index in [0.29, 0.717) is 19.4 Å². The van der Waals surface area contributed by atoms with Crippen LogP contribution >= 0.6 is 0 Å². The first-order chi connectivity index (χ1) is 17.4. The lowest BCUT2D eigenvalue weighted by molar-refractivity contribution is -0.133. The molecule has 0 aliphatic carbocycles. The van der Waals surface area contributed by atoms with E-state index >= 15 is 0 Å². The number of nitrogens with one attached hydrogen (secondary N) is 2. The van der Waals surface area contributed by atoms with Crippen LogP contribution in [0.1, 0.15) is 18.4 Å². The van der Waals surface area contributed by atoms with Gasteiger partial charge in [0.2, 0.25) is 5.91 Å². The van der Waals surface area contributed by atoms with Gasteiger partial charge >= 0.3 is 10.1 Å². The summed E-state index contributed by atoms with van der Waals surface area (Å²) in [6.07, 6.45) is 3.71. The summed E-state index contributed by atoms with van der Waals surface area (Å²) in [5.74, 6) is 0.0788. The summed E-state index contributed by atoms with van der Waals surface area (Å²) in [5, 5.41) is 15.0. The molecule has 0 spiro atoms. The molecule has 1 fully saturated rings. The number of amides is 1. The zero-order valence-electron chi connectivity index (χ0n) is 19.8. The van der Waals surface area contributed by atoms with E-state index in [4.69, 9.17) is 4.18 Å². The number of fused-ring (bicyclic) bond motifs is 2. The standard InChI is InChI=1S/C27H26N4O4S/c1-29-26(27(32)31-12-4-7-21(31)16-28)14-20-17-30-25-11-9-22(15-24(20)25)35-36(33,34)23-10-8-18-5-2-3-6-19(18)13-23/h2-3,5-6,8-11,13,15,17,21,26,29-30H,4,7,12,14H2,1H3/t21-,26-/m0/s1. The van der Waals surface area contributed by atoms with Crippen molar-refractivity contribution >= 4 is 37.7 Å². The van der Waals surface area contributed by atoms with Crippen molar-refractivity contribution in [1.29, 1.82) is 5.26 Å². The van der Waals surface area contributed by atoms with Crippen molar-refractivity contribution in [3.63, 3.8) is 0 Å². The lowest BCUT2D eigenvalue weighted by Crippen LogP contribution is -2.48. The Hall–Kier alpha value is -3.87. The number of nitrogens with zero attached hydrogens (tertiary/aromatic N) is 2. The monoisotopic (exact) mass is 502 g/mol. The third kappa shape index (κ3) is 4.53. The van der Waals surface area contributed by atoms with Gasteiger partial charge in [-0.15, -0.1) is 0 Å². The molecule has 0 radical (unpaired) electrons. The summed E-state index contributed by atoms with van der Waals surface area (Å²) in [7, 11) is -2.32. The first-order valence-corrected chi connectivity index (χ1v) is 13.2. The molecule has 0 unspecified atom stereocenters. The number of carbonyl (C=O) groups is 1. The number of hydrogen-bond donors (Lipinski definition) is 2. The van der Waals surface area contributed by atoms with Crippen LogP contribution in [0.25, 0.3) is 21.7 Å². The van der Waals surface area contributed by atoms with Crippen LogP contribution in [0.2, 0.25) is 0 Å². The quantitative estimate of drug-likeness (QED) is 0.372. The van der Waals surface area contributed by atoms with Gasteiger partial charge in [0.25, 0.3) is 0 Å². The third-order valence-electron chi connectivity index (χ3n) is 6.71. The Morgan fingerprint density at radius 2 is 2.00 bits per heavy atom. The van der Waals surface area contributed by atoms with Crippen molar-refractivity contribution in [1.82, 2.24) is 15.2 Å². The molecule has 36 heavy (non-hydrogen) atoms. The molecule has 1 amide bonds. The molecule has 3 aromatic carbocycles. The first kappa shape index (κ1) is 23.9. The van der Waals surface area contributed by atoms with Crippen molar-refractivity contribution < 1.29 is 17.4 Å². The van der Waals surface area contributed by atoms with E-state index in [1.54, 1.807) is 42.3 Å². The minimum atomic E-state index is -4.04. The Bertz CT molecular complexity index is 1590. The number of aromatic amines is 1. The maximum absolute atomic E-state index is 13.1.